The minimum Gasteiger partial charge on any atom is -0.496 e. The van der Waals surface area contributed by atoms with Crippen LogP contribution in [-0.4, -0.2) is 44.6 Å². The van der Waals surface area contributed by atoms with E-state index in [0.717, 1.165) is 6.42 Å². The number of aromatic nitrogens is 2. The number of rotatable bonds is 5. The van der Waals surface area contributed by atoms with Crippen LogP contribution >= 0.6 is 0 Å². The molecule has 1 aromatic carbocycles. The van der Waals surface area contributed by atoms with Crippen molar-refractivity contribution in [2.75, 3.05) is 26.1 Å². The lowest BCUT2D eigenvalue weighted by Gasteiger charge is -2.08. The van der Waals surface area contributed by atoms with Gasteiger partial charge in [-0.2, -0.15) is 4.98 Å². The van der Waals surface area contributed by atoms with E-state index in [4.69, 9.17) is 14.0 Å². The van der Waals surface area contributed by atoms with Gasteiger partial charge < -0.3 is 14.0 Å². The molecular formula is C15H18N2O5S. The van der Waals surface area contributed by atoms with Crippen molar-refractivity contribution < 1.29 is 22.4 Å². The molecule has 1 fully saturated rings. The number of methoxy groups -OCH3 is 1. The average molecular weight is 338 g/mol. The summed E-state index contributed by atoms with van der Waals surface area (Å²) in [7, 11) is -1.82. The Balaban J connectivity index is 2.02. The fraction of sp³-hybridized carbons (Fsp3) is 0.467. The Hall–Kier alpha value is -1.93. The van der Waals surface area contributed by atoms with Crippen LogP contribution in [0.1, 0.15) is 25.1 Å². The zero-order chi connectivity index (χ0) is 16.4. The van der Waals surface area contributed by atoms with Gasteiger partial charge in [0.2, 0.25) is 0 Å². The van der Waals surface area contributed by atoms with Crippen LogP contribution in [0.5, 0.6) is 5.75 Å². The molecule has 0 radical (unpaired) electrons. The van der Waals surface area contributed by atoms with Gasteiger partial charge in [0.15, 0.2) is 15.7 Å². The van der Waals surface area contributed by atoms with Crippen LogP contribution in [0.4, 0.5) is 0 Å². The predicted molar refractivity (Wildman–Crippen MR) is 82.2 cm³/mol. The molecule has 1 saturated heterocycles. The number of sulfone groups is 1. The predicted octanol–water partition coefficient (Wildman–Crippen LogP) is 2.04. The second-order valence-corrected chi connectivity index (χ2v) is 7.56. The summed E-state index contributed by atoms with van der Waals surface area (Å²) in [4.78, 5) is 4.60. The van der Waals surface area contributed by atoms with E-state index in [2.05, 4.69) is 10.1 Å². The lowest BCUT2D eigenvalue weighted by atomic mass is 10.1. The largest absolute Gasteiger partial charge is 0.496 e. The van der Waals surface area contributed by atoms with E-state index < -0.39 is 9.84 Å². The van der Waals surface area contributed by atoms with Gasteiger partial charge in [-0.15, -0.1) is 0 Å². The first kappa shape index (κ1) is 15.9. The van der Waals surface area contributed by atoms with E-state index in [-0.39, 0.29) is 22.5 Å². The maximum Gasteiger partial charge on any atom is 0.261 e. The molecule has 1 aliphatic heterocycles. The van der Waals surface area contributed by atoms with Crippen LogP contribution in [0.2, 0.25) is 0 Å². The minimum atomic E-state index is -3.33. The maximum absolute atomic E-state index is 12.1. The highest BCUT2D eigenvalue weighted by molar-refractivity contribution is 7.91. The lowest BCUT2D eigenvalue weighted by molar-refractivity contribution is 0.192. The van der Waals surface area contributed by atoms with Gasteiger partial charge in [-0.3, -0.25) is 0 Å². The third-order valence-corrected chi connectivity index (χ3v) is 5.61. The highest BCUT2D eigenvalue weighted by Gasteiger charge is 2.25. The summed E-state index contributed by atoms with van der Waals surface area (Å²) in [5.74, 6) is 1.44. The van der Waals surface area contributed by atoms with E-state index in [1.54, 1.807) is 13.0 Å². The Morgan fingerprint density at radius 1 is 1.39 bits per heavy atom. The molecule has 1 atom stereocenters. The molecule has 0 aliphatic carbocycles. The summed E-state index contributed by atoms with van der Waals surface area (Å²) in [5.41, 5.74) is 0.472. The third kappa shape index (κ3) is 3.09. The number of nitrogens with zero attached hydrogens (tertiary/aromatic N) is 2. The van der Waals surface area contributed by atoms with Crippen molar-refractivity contribution in [1.29, 1.82) is 0 Å². The van der Waals surface area contributed by atoms with Gasteiger partial charge in [0, 0.05) is 12.5 Å². The number of hydrogen-bond acceptors (Lipinski definition) is 7. The second-order valence-electron chi connectivity index (χ2n) is 5.28. The highest BCUT2D eigenvalue weighted by Crippen LogP contribution is 2.33. The summed E-state index contributed by atoms with van der Waals surface area (Å²) in [6.45, 7) is 2.85. The molecule has 0 N–H and O–H groups in total. The van der Waals surface area contributed by atoms with Gasteiger partial charge in [0.1, 0.15) is 5.75 Å². The zero-order valence-corrected chi connectivity index (χ0v) is 13.8. The smallest absolute Gasteiger partial charge is 0.261 e. The molecule has 1 unspecified atom stereocenters. The molecular weight excluding hydrogens is 320 g/mol. The molecule has 1 aliphatic rings. The van der Waals surface area contributed by atoms with Crippen molar-refractivity contribution in [2.24, 2.45) is 0 Å². The van der Waals surface area contributed by atoms with Gasteiger partial charge in [0.25, 0.3) is 5.89 Å². The zero-order valence-electron chi connectivity index (χ0n) is 13.0. The van der Waals surface area contributed by atoms with Crippen molar-refractivity contribution in [3.8, 4) is 17.2 Å². The normalized spacial score (nSPS) is 18.3. The molecule has 2 heterocycles. The second kappa shape index (κ2) is 6.29. The van der Waals surface area contributed by atoms with Crippen LogP contribution in [0.15, 0.2) is 27.6 Å². The Morgan fingerprint density at radius 3 is 2.87 bits per heavy atom. The lowest BCUT2D eigenvalue weighted by Crippen LogP contribution is -2.04. The van der Waals surface area contributed by atoms with E-state index in [9.17, 15) is 8.42 Å². The quantitative estimate of drug-likeness (QED) is 0.824. The molecule has 124 valence electrons. The van der Waals surface area contributed by atoms with Crippen molar-refractivity contribution in [3.05, 3.63) is 24.0 Å². The SMILES string of the molecule is CCS(=O)(=O)c1ccc(OC)c(-c2nc(C3CCOC3)no2)c1. The first-order valence-corrected chi connectivity index (χ1v) is 9.03. The molecule has 8 heteroatoms. The fourth-order valence-corrected chi connectivity index (χ4v) is 3.37. The van der Waals surface area contributed by atoms with E-state index >= 15 is 0 Å². The number of benzene rings is 1. The van der Waals surface area contributed by atoms with Crippen molar-refractivity contribution in [2.45, 2.75) is 24.2 Å². The summed E-state index contributed by atoms with van der Waals surface area (Å²) in [6, 6.07) is 4.63. The van der Waals surface area contributed by atoms with Gasteiger partial charge in [-0.1, -0.05) is 12.1 Å². The van der Waals surface area contributed by atoms with Crippen LogP contribution < -0.4 is 4.74 Å². The Kier molecular flexibility index (Phi) is 4.36. The third-order valence-electron chi connectivity index (χ3n) is 3.88. The molecule has 7 nitrogen and oxygen atoms in total. The summed E-state index contributed by atoms with van der Waals surface area (Å²) < 4.78 is 40.1. The first-order chi connectivity index (χ1) is 11.0. The topological polar surface area (TPSA) is 91.5 Å². The number of ether oxygens (including phenoxy) is 2. The Bertz CT molecular complexity index is 794. The van der Waals surface area contributed by atoms with Gasteiger partial charge >= 0.3 is 0 Å². The molecule has 0 spiro atoms. The van der Waals surface area contributed by atoms with Crippen LogP contribution in [0.3, 0.4) is 0 Å². The molecule has 2 aromatic rings. The molecule has 0 bridgehead atoms. The van der Waals surface area contributed by atoms with Crippen LogP contribution in [0.25, 0.3) is 11.5 Å². The highest BCUT2D eigenvalue weighted by atomic mass is 32.2. The van der Waals surface area contributed by atoms with Crippen LogP contribution in [0, 0.1) is 0 Å². The molecule has 3 rings (SSSR count). The molecule has 1 aromatic heterocycles. The summed E-state index contributed by atoms with van der Waals surface area (Å²) in [6.07, 6.45) is 0.848. The minimum absolute atomic E-state index is 0.0211. The molecule has 23 heavy (non-hydrogen) atoms. The van der Waals surface area contributed by atoms with E-state index in [1.165, 1.54) is 19.2 Å². The van der Waals surface area contributed by atoms with Gasteiger partial charge in [-0.25, -0.2) is 8.42 Å². The fourth-order valence-electron chi connectivity index (χ4n) is 2.46. The first-order valence-electron chi connectivity index (χ1n) is 7.37. The Morgan fingerprint density at radius 2 is 2.22 bits per heavy atom. The van der Waals surface area contributed by atoms with E-state index in [0.29, 0.717) is 30.4 Å². The Labute approximate surface area is 134 Å². The van der Waals surface area contributed by atoms with Gasteiger partial charge in [-0.05, 0) is 24.6 Å². The standard InChI is InChI=1S/C15H18N2O5S/c1-3-23(18,19)11-4-5-13(20-2)12(8-11)15-16-14(17-22-15)10-6-7-21-9-10/h4-5,8,10H,3,6-7,9H2,1-2H3. The number of hydrogen-bond donors (Lipinski definition) is 0. The van der Waals surface area contributed by atoms with Crippen LogP contribution in [-0.2, 0) is 14.6 Å². The monoisotopic (exact) mass is 338 g/mol. The molecule has 0 amide bonds. The average Bonchev–Trinajstić information content (AvgIpc) is 3.25. The molecule has 0 saturated carbocycles. The summed E-state index contributed by atoms with van der Waals surface area (Å²) >= 11 is 0. The summed E-state index contributed by atoms with van der Waals surface area (Å²) in [5, 5.41) is 3.99. The maximum atomic E-state index is 12.1. The van der Waals surface area contributed by atoms with Gasteiger partial charge in [0.05, 0.1) is 29.9 Å². The van der Waals surface area contributed by atoms with E-state index in [1.807, 2.05) is 0 Å². The van der Waals surface area contributed by atoms with Crippen molar-refractivity contribution in [1.82, 2.24) is 10.1 Å². The van der Waals surface area contributed by atoms with Crippen molar-refractivity contribution in [3.63, 3.8) is 0 Å². The van der Waals surface area contributed by atoms with Crippen molar-refractivity contribution >= 4 is 9.84 Å².